The van der Waals surface area contributed by atoms with E-state index in [0.717, 1.165) is 11.0 Å². The molecule has 1 aliphatic rings. The van der Waals surface area contributed by atoms with E-state index in [9.17, 15) is 4.39 Å². The van der Waals surface area contributed by atoms with E-state index in [4.69, 9.17) is 25.6 Å². The zero-order valence-corrected chi connectivity index (χ0v) is 15.6. The Morgan fingerprint density at radius 2 is 1.60 bits per heavy atom. The summed E-state index contributed by atoms with van der Waals surface area (Å²) in [5.74, 6) is -0.0489. The molecule has 1 heterocycles. The number of halogens is 2. The molecule has 0 saturated carbocycles. The van der Waals surface area contributed by atoms with Gasteiger partial charge in [0.15, 0.2) is 0 Å². The second-order valence-corrected chi connectivity index (χ2v) is 7.60. The maximum absolute atomic E-state index is 13.4. The molecular weight excluding hydrogens is 341 g/mol. The largest absolute Gasteiger partial charge is 0.494 e. The topological polar surface area (TPSA) is 27.7 Å². The van der Waals surface area contributed by atoms with Gasteiger partial charge in [-0.05, 0) is 50.9 Å². The van der Waals surface area contributed by atoms with Gasteiger partial charge in [0.05, 0.1) is 16.2 Å². The lowest BCUT2D eigenvalue weighted by Crippen LogP contribution is -2.41. The molecule has 3 nitrogen and oxygen atoms in total. The Kier molecular flexibility index (Phi) is 4.84. The molecule has 0 unspecified atom stereocenters. The molecule has 2 aromatic carbocycles. The van der Waals surface area contributed by atoms with Crippen molar-refractivity contribution in [1.29, 1.82) is 0 Å². The van der Waals surface area contributed by atoms with Gasteiger partial charge in [-0.3, -0.25) is 0 Å². The average molecular weight is 363 g/mol. The van der Waals surface area contributed by atoms with Crippen molar-refractivity contribution in [3.05, 3.63) is 58.9 Å². The van der Waals surface area contributed by atoms with Crippen LogP contribution in [-0.2, 0) is 15.9 Å². The Morgan fingerprint density at radius 1 is 1.00 bits per heavy atom. The van der Waals surface area contributed by atoms with Gasteiger partial charge in [0.25, 0.3) is 0 Å². The molecule has 0 aliphatic carbocycles. The third-order valence-corrected chi connectivity index (χ3v) is 5.11. The van der Waals surface area contributed by atoms with Gasteiger partial charge in [-0.1, -0.05) is 35.9 Å². The first kappa shape index (κ1) is 18.2. The predicted octanol–water partition coefficient (Wildman–Crippen LogP) is 4.36. The van der Waals surface area contributed by atoms with Crippen LogP contribution in [0.25, 0.3) is 0 Å². The van der Waals surface area contributed by atoms with Crippen LogP contribution in [0.4, 0.5) is 4.39 Å². The normalized spacial score (nSPS) is 18.4. The molecule has 2 aromatic rings. The number of hydrogen-bond donors (Lipinski definition) is 0. The Hall–Kier alpha value is -1.56. The van der Waals surface area contributed by atoms with E-state index in [1.807, 2.05) is 52.0 Å². The fourth-order valence-corrected chi connectivity index (χ4v) is 2.60. The molecule has 0 radical (unpaired) electrons. The van der Waals surface area contributed by atoms with Crippen molar-refractivity contribution >= 4 is 24.2 Å². The van der Waals surface area contributed by atoms with Gasteiger partial charge < -0.3 is 14.0 Å². The van der Waals surface area contributed by atoms with E-state index in [0.29, 0.717) is 12.4 Å². The summed E-state index contributed by atoms with van der Waals surface area (Å²) < 4.78 is 31.1. The molecule has 0 bridgehead atoms. The van der Waals surface area contributed by atoms with Crippen molar-refractivity contribution in [2.75, 3.05) is 0 Å². The van der Waals surface area contributed by atoms with Crippen molar-refractivity contribution < 1.29 is 18.4 Å². The Balaban J connectivity index is 1.64. The van der Waals surface area contributed by atoms with Crippen molar-refractivity contribution in [2.24, 2.45) is 0 Å². The van der Waals surface area contributed by atoms with Gasteiger partial charge >= 0.3 is 7.12 Å². The van der Waals surface area contributed by atoms with Crippen molar-refractivity contribution in [1.82, 2.24) is 0 Å². The highest BCUT2D eigenvalue weighted by molar-refractivity contribution is 6.62. The fraction of sp³-hybridized carbons (Fsp3) is 0.368. The molecule has 0 spiro atoms. The monoisotopic (exact) mass is 362 g/mol. The number of rotatable bonds is 4. The van der Waals surface area contributed by atoms with Crippen LogP contribution in [0.5, 0.6) is 5.75 Å². The van der Waals surface area contributed by atoms with E-state index in [2.05, 4.69) is 0 Å². The van der Waals surface area contributed by atoms with Crippen LogP contribution in [0.1, 0.15) is 33.3 Å². The molecule has 0 atom stereocenters. The van der Waals surface area contributed by atoms with Crippen LogP contribution >= 0.6 is 11.6 Å². The number of benzene rings is 2. The highest BCUT2D eigenvalue weighted by Crippen LogP contribution is 2.36. The minimum absolute atomic E-state index is 0.0825. The lowest BCUT2D eigenvalue weighted by atomic mass is 9.79. The maximum atomic E-state index is 13.4. The molecule has 0 N–H and O–H groups in total. The first-order valence-corrected chi connectivity index (χ1v) is 8.58. The van der Waals surface area contributed by atoms with E-state index < -0.39 is 5.82 Å². The molecule has 1 saturated heterocycles. The van der Waals surface area contributed by atoms with Crippen molar-refractivity contribution in [2.45, 2.75) is 45.5 Å². The first-order valence-electron chi connectivity index (χ1n) is 8.20. The average Bonchev–Trinajstić information content (AvgIpc) is 2.77. The predicted molar refractivity (Wildman–Crippen MR) is 97.9 cm³/mol. The summed E-state index contributed by atoms with van der Waals surface area (Å²) in [6.45, 7) is 8.45. The Morgan fingerprint density at radius 3 is 2.16 bits per heavy atom. The molecule has 25 heavy (non-hydrogen) atoms. The maximum Gasteiger partial charge on any atom is 0.494 e. The van der Waals surface area contributed by atoms with E-state index in [-0.39, 0.29) is 23.3 Å². The standard InChI is InChI=1S/C19H21BClFO3/c1-18(2)19(3,4)25-20(24-18)14-7-5-13(6-8-14)12-23-15-9-10-16(21)17(22)11-15/h5-11H,12H2,1-4H3. The smallest absolute Gasteiger partial charge is 0.489 e. The van der Waals surface area contributed by atoms with Crippen LogP contribution in [-0.4, -0.2) is 18.3 Å². The molecule has 1 fully saturated rings. The Labute approximate surface area is 153 Å². The first-order chi connectivity index (χ1) is 11.7. The molecule has 1 aliphatic heterocycles. The SMILES string of the molecule is CC1(C)OB(c2ccc(COc3ccc(Cl)c(F)c3)cc2)OC1(C)C. The van der Waals surface area contributed by atoms with Crippen LogP contribution in [0.2, 0.25) is 5.02 Å². The molecule has 0 aromatic heterocycles. The van der Waals surface area contributed by atoms with Gasteiger partial charge in [-0.15, -0.1) is 0 Å². The highest BCUT2D eigenvalue weighted by Gasteiger charge is 2.51. The zero-order chi connectivity index (χ0) is 18.2. The summed E-state index contributed by atoms with van der Waals surface area (Å²) in [6.07, 6.45) is 0. The lowest BCUT2D eigenvalue weighted by molar-refractivity contribution is 0.00578. The quantitative estimate of drug-likeness (QED) is 0.757. The summed E-state index contributed by atoms with van der Waals surface area (Å²) in [5.41, 5.74) is 1.20. The van der Waals surface area contributed by atoms with Crippen molar-refractivity contribution in [3.8, 4) is 5.75 Å². The zero-order valence-electron chi connectivity index (χ0n) is 14.8. The van der Waals surface area contributed by atoms with Gasteiger partial charge in [0.1, 0.15) is 18.2 Å². The second kappa shape index (κ2) is 6.63. The summed E-state index contributed by atoms with van der Waals surface area (Å²) in [5, 5.41) is 0.0825. The van der Waals surface area contributed by atoms with Gasteiger partial charge in [0, 0.05) is 6.07 Å². The summed E-state index contributed by atoms with van der Waals surface area (Å²) in [4.78, 5) is 0. The van der Waals surface area contributed by atoms with Crippen LogP contribution in [0, 0.1) is 5.82 Å². The van der Waals surface area contributed by atoms with E-state index in [1.165, 1.54) is 12.1 Å². The summed E-state index contributed by atoms with van der Waals surface area (Å²) in [7, 11) is -0.384. The van der Waals surface area contributed by atoms with Gasteiger partial charge in [-0.2, -0.15) is 0 Å². The Bertz CT molecular complexity index is 746. The molecule has 6 heteroatoms. The molecule has 0 amide bonds. The fourth-order valence-electron chi connectivity index (χ4n) is 2.48. The molecule has 132 valence electrons. The van der Waals surface area contributed by atoms with E-state index >= 15 is 0 Å². The third kappa shape index (κ3) is 3.84. The molecular formula is C19H21BClFO3. The minimum atomic E-state index is -0.490. The van der Waals surface area contributed by atoms with Gasteiger partial charge in [-0.25, -0.2) is 4.39 Å². The lowest BCUT2D eigenvalue weighted by Gasteiger charge is -2.32. The highest BCUT2D eigenvalue weighted by atomic mass is 35.5. The van der Waals surface area contributed by atoms with Crippen LogP contribution in [0.15, 0.2) is 42.5 Å². The third-order valence-electron chi connectivity index (χ3n) is 4.80. The van der Waals surface area contributed by atoms with Crippen LogP contribution < -0.4 is 10.2 Å². The summed E-state index contributed by atoms with van der Waals surface area (Å²) in [6, 6.07) is 12.2. The van der Waals surface area contributed by atoms with Crippen LogP contribution in [0.3, 0.4) is 0 Å². The number of hydrogen-bond acceptors (Lipinski definition) is 3. The number of ether oxygens (including phenoxy) is 1. The second-order valence-electron chi connectivity index (χ2n) is 7.19. The van der Waals surface area contributed by atoms with Gasteiger partial charge in [0.2, 0.25) is 0 Å². The minimum Gasteiger partial charge on any atom is -0.489 e. The summed E-state index contributed by atoms with van der Waals surface area (Å²) >= 11 is 5.66. The van der Waals surface area contributed by atoms with E-state index in [1.54, 1.807) is 6.07 Å². The van der Waals surface area contributed by atoms with Crippen molar-refractivity contribution in [3.63, 3.8) is 0 Å². The molecule has 3 rings (SSSR count).